The zero-order valence-electron chi connectivity index (χ0n) is 11.5. The predicted molar refractivity (Wildman–Crippen MR) is 79.5 cm³/mol. The fourth-order valence-corrected chi connectivity index (χ4v) is 1.99. The summed E-state index contributed by atoms with van der Waals surface area (Å²) in [6.45, 7) is 0. The molecule has 0 saturated carbocycles. The van der Waals surface area contributed by atoms with Crippen LogP contribution in [0.4, 0.5) is 0 Å². The van der Waals surface area contributed by atoms with E-state index < -0.39 is 5.66 Å². The highest BCUT2D eigenvalue weighted by molar-refractivity contribution is 5.79. The fourth-order valence-electron chi connectivity index (χ4n) is 1.99. The Kier molecular flexibility index (Phi) is 4.10. The minimum atomic E-state index is -1.27. The van der Waals surface area contributed by atoms with Crippen LogP contribution in [0.3, 0.4) is 0 Å². The molecule has 1 aromatic carbocycles. The number of benzene rings is 1. The Morgan fingerprint density at radius 1 is 1.25 bits per heavy atom. The van der Waals surface area contributed by atoms with Gasteiger partial charge in [0.05, 0.1) is 11.0 Å². The molecular weight excluding hydrogens is 254 g/mol. The van der Waals surface area contributed by atoms with Gasteiger partial charge in [0.1, 0.15) is 0 Å². The van der Waals surface area contributed by atoms with Crippen LogP contribution in [-0.4, -0.2) is 41.8 Å². The summed E-state index contributed by atoms with van der Waals surface area (Å²) in [6.07, 6.45) is 8.44. The Morgan fingerprint density at radius 3 is 2.35 bits per heavy atom. The molecule has 0 saturated heterocycles. The van der Waals surface area contributed by atoms with Gasteiger partial charge in [-0.1, -0.05) is 42.5 Å². The molecule has 0 spiro atoms. The van der Waals surface area contributed by atoms with Crippen molar-refractivity contribution in [2.45, 2.75) is 11.7 Å². The molecule has 1 aromatic rings. The van der Waals surface area contributed by atoms with Gasteiger partial charge in [-0.15, -0.1) is 0 Å². The Morgan fingerprint density at radius 2 is 1.85 bits per heavy atom. The molecule has 0 bridgehead atoms. The normalized spacial score (nSPS) is 25.4. The summed E-state index contributed by atoms with van der Waals surface area (Å²) in [5.41, 5.74) is -0.258. The summed E-state index contributed by atoms with van der Waals surface area (Å²) in [5.74, 6) is 0. The Labute approximate surface area is 118 Å². The lowest BCUT2D eigenvalue weighted by molar-refractivity contribution is -0.567. The molecule has 0 radical (unpaired) electrons. The Balaban J connectivity index is 2.12. The molecular formula is C15H17N3O2. The molecule has 0 heterocycles. The SMILES string of the molecule is CN(C)C1([N+](=O)[O-])C=CC(/N=C/c2ccccc2)C=C1. The van der Waals surface area contributed by atoms with E-state index in [9.17, 15) is 10.1 Å². The molecule has 20 heavy (non-hydrogen) atoms. The molecule has 0 fully saturated rings. The topological polar surface area (TPSA) is 58.7 Å². The second kappa shape index (κ2) is 5.79. The molecule has 1 aliphatic rings. The van der Waals surface area contributed by atoms with Gasteiger partial charge in [-0.05, 0) is 19.7 Å². The van der Waals surface area contributed by atoms with Crippen LogP contribution in [0.25, 0.3) is 0 Å². The number of hydrogen-bond acceptors (Lipinski definition) is 4. The minimum absolute atomic E-state index is 0.164. The maximum Gasteiger partial charge on any atom is 0.314 e. The van der Waals surface area contributed by atoms with E-state index >= 15 is 0 Å². The number of rotatable bonds is 4. The zero-order valence-corrected chi connectivity index (χ0v) is 11.5. The smallest absolute Gasteiger partial charge is 0.281 e. The van der Waals surface area contributed by atoms with E-state index in [1.54, 1.807) is 49.5 Å². The van der Waals surface area contributed by atoms with Crippen LogP contribution >= 0.6 is 0 Å². The van der Waals surface area contributed by atoms with E-state index in [0.717, 1.165) is 5.56 Å². The molecule has 104 valence electrons. The van der Waals surface area contributed by atoms with Gasteiger partial charge in [-0.2, -0.15) is 0 Å². The van der Waals surface area contributed by atoms with Gasteiger partial charge in [0.25, 0.3) is 0 Å². The van der Waals surface area contributed by atoms with Gasteiger partial charge < -0.3 is 0 Å². The molecule has 5 heteroatoms. The number of aliphatic imine (C=N–C) groups is 1. The maximum atomic E-state index is 11.2. The molecule has 0 amide bonds. The molecule has 2 rings (SSSR count). The summed E-state index contributed by atoms with van der Waals surface area (Å²) < 4.78 is 0. The van der Waals surface area contributed by atoms with Crippen molar-refractivity contribution in [3.8, 4) is 0 Å². The first-order valence-corrected chi connectivity index (χ1v) is 6.33. The van der Waals surface area contributed by atoms with E-state index in [1.165, 1.54) is 0 Å². The molecule has 0 aliphatic heterocycles. The predicted octanol–water partition coefficient (Wildman–Crippen LogP) is 2.13. The van der Waals surface area contributed by atoms with Crippen molar-refractivity contribution in [2.75, 3.05) is 14.1 Å². The van der Waals surface area contributed by atoms with E-state index in [0.29, 0.717) is 0 Å². The maximum absolute atomic E-state index is 11.2. The average molecular weight is 271 g/mol. The number of nitrogens with zero attached hydrogens (tertiary/aromatic N) is 3. The Hall–Kier alpha value is -2.27. The van der Waals surface area contributed by atoms with Crippen molar-refractivity contribution in [3.05, 3.63) is 70.3 Å². The van der Waals surface area contributed by atoms with E-state index in [4.69, 9.17) is 0 Å². The van der Waals surface area contributed by atoms with Crippen molar-refractivity contribution in [1.82, 2.24) is 4.90 Å². The average Bonchev–Trinajstić information content (AvgIpc) is 2.46. The molecule has 0 atom stereocenters. The first kappa shape index (κ1) is 14.1. The van der Waals surface area contributed by atoms with Crippen LogP contribution in [0.1, 0.15) is 5.56 Å². The van der Waals surface area contributed by atoms with Crippen LogP contribution in [0.5, 0.6) is 0 Å². The standard InChI is InChI=1S/C15H17N3O2/c1-17(2)15(18(19)20)10-8-14(9-11-15)16-12-13-6-4-3-5-7-13/h3-12,14H,1-2H3/b16-12+. The molecule has 0 aromatic heterocycles. The van der Waals surface area contributed by atoms with Crippen LogP contribution in [0.2, 0.25) is 0 Å². The summed E-state index contributed by atoms with van der Waals surface area (Å²) in [5, 5.41) is 11.2. The van der Waals surface area contributed by atoms with Crippen LogP contribution in [-0.2, 0) is 0 Å². The van der Waals surface area contributed by atoms with Crippen molar-refractivity contribution in [1.29, 1.82) is 0 Å². The monoisotopic (exact) mass is 271 g/mol. The summed E-state index contributed by atoms with van der Waals surface area (Å²) >= 11 is 0. The highest BCUT2D eigenvalue weighted by Gasteiger charge is 2.41. The third-order valence-electron chi connectivity index (χ3n) is 3.28. The first-order chi connectivity index (χ1) is 9.54. The van der Waals surface area contributed by atoms with E-state index in [-0.39, 0.29) is 11.0 Å². The van der Waals surface area contributed by atoms with Crippen molar-refractivity contribution < 1.29 is 4.92 Å². The van der Waals surface area contributed by atoms with Gasteiger partial charge >= 0.3 is 5.66 Å². The number of hydrogen-bond donors (Lipinski definition) is 0. The van der Waals surface area contributed by atoms with Gasteiger partial charge in [0.15, 0.2) is 0 Å². The first-order valence-electron chi connectivity index (χ1n) is 6.33. The van der Waals surface area contributed by atoms with Crippen molar-refractivity contribution >= 4 is 6.21 Å². The molecule has 5 nitrogen and oxygen atoms in total. The highest BCUT2D eigenvalue weighted by atomic mass is 16.6. The summed E-state index contributed by atoms with van der Waals surface area (Å²) in [4.78, 5) is 16.9. The third kappa shape index (κ3) is 2.83. The van der Waals surface area contributed by atoms with Crippen molar-refractivity contribution in [2.24, 2.45) is 4.99 Å². The molecule has 0 unspecified atom stereocenters. The lowest BCUT2D eigenvalue weighted by atomic mass is 10.0. The third-order valence-corrected chi connectivity index (χ3v) is 3.28. The number of likely N-dealkylation sites (N-methyl/N-ethyl adjacent to an activating group) is 1. The lowest BCUT2D eigenvalue weighted by Gasteiger charge is -2.27. The zero-order chi connectivity index (χ0) is 14.6. The minimum Gasteiger partial charge on any atom is -0.281 e. The van der Waals surface area contributed by atoms with Gasteiger partial charge in [0, 0.05) is 18.4 Å². The van der Waals surface area contributed by atoms with Crippen LogP contribution in [0.15, 0.2) is 59.6 Å². The molecule has 0 N–H and O–H groups in total. The second-order valence-corrected chi connectivity index (χ2v) is 4.83. The van der Waals surface area contributed by atoms with Crippen molar-refractivity contribution in [3.63, 3.8) is 0 Å². The quantitative estimate of drug-likeness (QED) is 0.277. The number of nitro groups is 1. The Bertz CT molecular complexity index is 548. The van der Waals surface area contributed by atoms with Gasteiger partial charge in [0.2, 0.25) is 0 Å². The van der Waals surface area contributed by atoms with Crippen LogP contribution in [0, 0.1) is 10.1 Å². The summed E-state index contributed by atoms with van der Waals surface area (Å²) in [6, 6.07) is 9.58. The van der Waals surface area contributed by atoms with E-state index in [1.807, 2.05) is 30.3 Å². The fraction of sp³-hybridized carbons (Fsp3) is 0.267. The lowest BCUT2D eigenvalue weighted by Crippen LogP contribution is -2.48. The second-order valence-electron chi connectivity index (χ2n) is 4.83. The summed E-state index contributed by atoms with van der Waals surface area (Å²) in [7, 11) is 3.37. The van der Waals surface area contributed by atoms with Gasteiger partial charge in [-0.25, -0.2) is 4.90 Å². The largest absolute Gasteiger partial charge is 0.314 e. The van der Waals surface area contributed by atoms with E-state index in [2.05, 4.69) is 4.99 Å². The molecule has 1 aliphatic carbocycles. The highest BCUT2D eigenvalue weighted by Crippen LogP contribution is 2.22. The van der Waals surface area contributed by atoms with Gasteiger partial charge in [-0.3, -0.25) is 15.1 Å². The van der Waals surface area contributed by atoms with Crippen LogP contribution < -0.4 is 0 Å².